The molecule has 0 aromatic carbocycles. The number of carbonyl (C=O) groups is 1. The van der Waals surface area contributed by atoms with Crippen LogP contribution in [0.15, 0.2) is 0 Å². The van der Waals surface area contributed by atoms with Gasteiger partial charge in [-0.1, -0.05) is 0 Å². The molecule has 4 saturated carbocycles. The first-order valence-electron chi connectivity index (χ1n) is 6.91. The van der Waals surface area contributed by atoms with Gasteiger partial charge in [-0.2, -0.15) is 0 Å². The lowest BCUT2D eigenvalue weighted by molar-refractivity contribution is -0.157. The quantitative estimate of drug-likeness (QED) is 0.819. The summed E-state index contributed by atoms with van der Waals surface area (Å²) < 4.78 is 5.59. The highest BCUT2D eigenvalue weighted by Crippen LogP contribution is 2.60. The Morgan fingerprint density at radius 1 is 1.24 bits per heavy atom. The van der Waals surface area contributed by atoms with Crippen LogP contribution in [-0.4, -0.2) is 23.8 Å². The average Bonchev–Trinajstić information content (AvgIpc) is 2.24. The highest BCUT2D eigenvalue weighted by Gasteiger charge is 2.51. The van der Waals surface area contributed by atoms with E-state index in [4.69, 9.17) is 9.84 Å². The van der Waals surface area contributed by atoms with Crippen LogP contribution < -0.4 is 0 Å². The Hall–Kier alpha value is -0.570. The Morgan fingerprint density at radius 3 is 2.12 bits per heavy atom. The molecule has 0 amide bonds. The largest absolute Gasteiger partial charge is 0.479 e. The summed E-state index contributed by atoms with van der Waals surface area (Å²) in [5, 5.41) is 8.87. The smallest absolute Gasteiger partial charge is 0.332 e. The molecule has 0 unspecified atom stereocenters. The Kier molecular flexibility index (Phi) is 2.69. The minimum atomic E-state index is -0.838. The van der Waals surface area contributed by atoms with Gasteiger partial charge in [0, 0.05) is 0 Å². The Balaban J connectivity index is 1.64. The maximum atomic E-state index is 10.8. The number of hydrogen-bond acceptors (Lipinski definition) is 2. The van der Waals surface area contributed by atoms with Gasteiger partial charge in [0.1, 0.15) is 0 Å². The predicted octanol–water partition coefficient (Wildman–Crippen LogP) is 2.69. The standard InChI is InChI=1S/C14H22O3/c1-9(13(15)16)17-8-14-5-10-2-11(6-14)4-12(3-10)7-14/h9-12H,2-8H2,1H3,(H,15,16)/t9-,10?,11?,12?,14?/m0/s1. The second-order valence-corrected chi connectivity index (χ2v) is 6.71. The van der Waals surface area contributed by atoms with E-state index in [1.54, 1.807) is 6.92 Å². The van der Waals surface area contributed by atoms with Crippen LogP contribution in [-0.2, 0) is 9.53 Å². The first kappa shape index (κ1) is 11.5. The molecular formula is C14H22O3. The fourth-order valence-corrected chi connectivity index (χ4v) is 4.84. The summed E-state index contributed by atoms with van der Waals surface area (Å²) in [6.07, 6.45) is 7.47. The summed E-state index contributed by atoms with van der Waals surface area (Å²) in [6.45, 7) is 2.31. The number of carboxylic acid groups (broad SMARTS) is 1. The third kappa shape index (κ3) is 2.10. The summed E-state index contributed by atoms with van der Waals surface area (Å²) in [5.41, 5.74) is 0.332. The zero-order chi connectivity index (χ0) is 12.0. The van der Waals surface area contributed by atoms with Crippen LogP contribution in [0.2, 0.25) is 0 Å². The molecule has 0 radical (unpaired) electrons. The summed E-state index contributed by atoms with van der Waals surface area (Å²) in [5.74, 6) is 1.88. The van der Waals surface area contributed by atoms with Crippen molar-refractivity contribution in [3.63, 3.8) is 0 Å². The van der Waals surface area contributed by atoms with Crippen molar-refractivity contribution in [1.82, 2.24) is 0 Å². The first-order valence-corrected chi connectivity index (χ1v) is 6.91. The average molecular weight is 238 g/mol. The number of carboxylic acids is 1. The second kappa shape index (κ2) is 3.98. The van der Waals surface area contributed by atoms with Gasteiger partial charge in [-0.3, -0.25) is 0 Å². The third-order valence-corrected chi connectivity index (χ3v) is 5.15. The molecule has 1 N–H and O–H groups in total. The normalized spacial score (nSPS) is 44.9. The van der Waals surface area contributed by atoms with Crippen molar-refractivity contribution in [2.24, 2.45) is 23.2 Å². The van der Waals surface area contributed by atoms with Gasteiger partial charge < -0.3 is 9.84 Å². The highest BCUT2D eigenvalue weighted by molar-refractivity contribution is 5.71. The summed E-state index contributed by atoms with van der Waals surface area (Å²) in [7, 11) is 0. The van der Waals surface area contributed by atoms with Crippen LogP contribution in [0.4, 0.5) is 0 Å². The molecule has 0 aromatic rings. The molecule has 96 valence electrons. The molecule has 4 bridgehead atoms. The fourth-order valence-electron chi connectivity index (χ4n) is 4.84. The first-order chi connectivity index (χ1) is 8.06. The van der Waals surface area contributed by atoms with Gasteiger partial charge in [-0.15, -0.1) is 0 Å². The molecule has 4 rings (SSSR count). The zero-order valence-electron chi connectivity index (χ0n) is 10.5. The van der Waals surface area contributed by atoms with Gasteiger partial charge in [-0.05, 0) is 68.6 Å². The van der Waals surface area contributed by atoms with E-state index < -0.39 is 12.1 Å². The van der Waals surface area contributed by atoms with Crippen molar-refractivity contribution < 1.29 is 14.6 Å². The van der Waals surface area contributed by atoms with E-state index in [9.17, 15) is 4.79 Å². The van der Waals surface area contributed by atoms with Crippen LogP contribution in [0.25, 0.3) is 0 Å². The topological polar surface area (TPSA) is 46.5 Å². The van der Waals surface area contributed by atoms with Crippen LogP contribution in [0, 0.1) is 23.2 Å². The van der Waals surface area contributed by atoms with E-state index in [-0.39, 0.29) is 0 Å². The van der Waals surface area contributed by atoms with Crippen molar-refractivity contribution in [3.8, 4) is 0 Å². The van der Waals surface area contributed by atoms with Crippen LogP contribution in [0.3, 0.4) is 0 Å². The maximum Gasteiger partial charge on any atom is 0.332 e. The number of aliphatic carboxylic acids is 1. The van der Waals surface area contributed by atoms with Crippen LogP contribution >= 0.6 is 0 Å². The van der Waals surface area contributed by atoms with Gasteiger partial charge in [0.2, 0.25) is 0 Å². The lowest BCUT2D eigenvalue weighted by Gasteiger charge is -2.56. The molecule has 1 atom stereocenters. The van der Waals surface area contributed by atoms with Crippen molar-refractivity contribution in [2.75, 3.05) is 6.61 Å². The van der Waals surface area contributed by atoms with Gasteiger partial charge >= 0.3 is 5.97 Å². The highest BCUT2D eigenvalue weighted by atomic mass is 16.5. The Bertz CT molecular complexity index is 288. The molecule has 3 nitrogen and oxygen atoms in total. The van der Waals surface area contributed by atoms with Gasteiger partial charge in [0.15, 0.2) is 6.10 Å². The molecule has 0 spiro atoms. The van der Waals surface area contributed by atoms with Gasteiger partial charge in [0.25, 0.3) is 0 Å². The predicted molar refractivity (Wildman–Crippen MR) is 63.7 cm³/mol. The van der Waals surface area contributed by atoms with Crippen molar-refractivity contribution in [2.45, 2.75) is 51.6 Å². The SMILES string of the molecule is C[C@H](OCC12CC3CC(CC(C3)C1)C2)C(=O)O. The number of ether oxygens (including phenoxy) is 1. The van der Waals surface area contributed by atoms with Gasteiger partial charge in [-0.25, -0.2) is 4.79 Å². The lowest BCUT2D eigenvalue weighted by Crippen LogP contribution is -2.48. The van der Waals surface area contributed by atoms with E-state index >= 15 is 0 Å². The summed E-state index contributed by atoms with van der Waals surface area (Å²) in [4.78, 5) is 10.8. The molecule has 0 aromatic heterocycles. The van der Waals surface area contributed by atoms with Crippen molar-refractivity contribution in [3.05, 3.63) is 0 Å². The molecule has 3 heteroatoms. The molecule has 0 heterocycles. The van der Waals surface area contributed by atoms with Crippen molar-refractivity contribution >= 4 is 5.97 Å². The molecule has 4 aliphatic carbocycles. The van der Waals surface area contributed by atoms with Crippen molar-refractivity contribution in [1.29, 1.82) is 0 Å². The van der Waals surface area contributed by atoms with E-state index in [1.165, 1.54) is 38.5 Å². The van der Waals surface area contributed by atoms with E-state index in [0.29, 0.717) is 12.0 Å². The molecule has 4 aliphatic rings. The zero-order valence-corrected chi connectivity index (χ0v) is 10.5. The monoisotopic (exact) mass is 238 g/mol. The molecule has 4 fully saturated rings. The number of hydrogen-bond donors (Lipinski definition) is 1. The summed E-state index contributed by atoms with van der Waals surface area (Å²) in [6, 6.07) is 0. The van der Waals surface area contributed by atoms with E-state index in [0.717, 1.165) is 17.8 Å². The Morgan fingerprint density at radius 2 is 1.71 bits per heavy atom. The second-order valence-electron chi connectivity index (χ2n) is 6.71. The molecule has 0 saturated heterocycles. The van der Waals surface area contributed by atoms with E-state index in [2.05, 4.69) is 0 Å². The molecule has 0 aliphatic heterocycles. The minimum absolute atomic E-state index is 0.332. The fraction of sp³-hybridized carbons (Fsp3) is 0.929. The Labute approximate surface area is 103 Å². The summed E-state index contributed by atoms with van der Waals surface area (Å²) >= 11 is 0. The maximum absolute atomic E-state index is 10.8. The number of rotatable bonds is 4. The van der Waals surface area contributed by atoms with Crippen LogP contribution in [0.1, 0.15) is 45.4 Å². The lowest BCUT2D eigenvalue weighted by atomic mass is 9.50. The molecule has 17 heavy (non-hydrogen) atoms. The third-order valence-electron chi connectivity index (χ3n) is 5.15. The van der Waals surface area contributed by atoms with Gasteiger partial charge in [0.05, 0.1) is 6.61 Å². The van der Waals surface area contributed by atoms with E-state index in [1.807, 2.05) is 0 Å². The van der Waals surface area contributed by atoms with Crippen LogP contribution in [0.5, 0.6) is 0 Å². The minimum Gasteiger partial charge on any atom is -0.479 e. The molecular weight excluding hydrogens is 216 g/mol.